The molecule has 0 unspecified atom stereocenters. The van der Waals surface area contributed by atoms with Crippen LogP contribution in [0, 0.1) is 5.92 Å². The lowest BCUT2D eigenvalue weighted by Crippen LogP contribution is -2.33. The number of hydrogen-bond donors (Lipinski definition) is 1. The van der Waals surface area contributed by atoms with Gasteiger partial charge >= 0.3 is 0 Å². The van der Waals surface area contributed by atoms with Crippen molar-refractivity contribution in [2.75, 3.05) is 5.32 Å². The topological polar surface area (TPSA) is 15.9 Å². The number of pyridine rings is 1. The molecule has 2 aromatic rings. The summed E-state index contributed by atoms with van der Waals surface area (Å²) < 4.78 is 2.25. The molecule has 0 atom stereocenters. The summed E-state index contributed by atoms with van der Waals surface area (Å²) in [6, 6.07) is 12.9. The lowest BCUT2D eigenvalue weighted by molar-refractivity contribution is -0.579. The van der Waals surface area contributed by atoms with Gasteiger partial charge in [-0.15, -0.1) is 0 Å². The second-order valence-electron chi connectivity index (χ2n) is 9.52. The van der Waals surface area contributed by atoms with Gasteiger partial charge in [-0.05, 0) is 59.9 Å². The lowest BCUT2D eigenvalue weighted by atomic mass is 9.86. The van der Waals surface area contributed by atoms with Crippen LogP contribution >= 0.6 is 0 Å². The molecule has 1 aromatic carbocycles. The third-order valence-electron chi connectivity index (χ3n) is 5.87. The molecule has 162 valence electrons. The number of allylic oxidation sites excluding steroid dienone is 7. The summed E-state index contributed by atoms with van der Waals surface area (Å²) in [5.74, 6) is 0.572. The lowest BCUT2D eigenvalue weighted by Gasteiger charge is -2.22. The highest BCUT2D eigenvalue weighted by Crippen LogP contribution is 2.29. The Balaban J connectivity index is 1.78. The van der Waals surface area contributed by atoms with Gasteiger partial charge in [-0.25, -0.2) is 0 Å². The van der Waals surface area contributed by atoms with E-state index in [2.05, 4.69) is 125 Å². The molecule has 0 radical (unpaired) electrons. The van der Waals surface area contributed by atoms with E-state index in [0.29, 0.717) is 5.92 Å². The summed E-state index contributed by atoms with van der Waals surface area (Å²) in [5.41, 5.74) is 7.85. The molecule has 0 saturated carbocycles. The molecule has 1 aliphatic carbocycles. The van der Waals surface area contributed by atoms with Gasteiger partial charge < -0.3 is 5.32 Å². The Bertz CT molecular complexity index is 1010. The van der Waals surface area contributed by atoms with Crippen LogP contribution in [0.3, 0.4) is 0 Å². The third-order valence-corrected chi connectivity index (χ3v) is 5.87. The van der Waals surface area contributed by atoms with Gasteiger partial charge in [0.25, 0.3) is 0 Å². The molecule has 0 aliphatic heterocycles. The first-order chi connectivity index (χ1) is 14.8. The van der Waals surface area contributed by atoms with E-state index in [1.807, 2.05) is 6.20 Å². The maximum Gasteiger partial charge on any atom is 0.209 e. The van der Waals surface area contributed by atoms with Crippen LogP contribution < -0.4 is 9.88 Å². The van der Waals surface area contributed by atoms with Crippen molar-refractivity contribution in [2.45, 2.75) is 59.8 Å². The molecule has 31 heavy (non-hydrogen) atoms. The van der Waals surface area contributed by atoms with E-state index < -0.39 is 0 Å². The van der Waals surface area contributed by atoms with Crippen molar-refractivity contribution in [3.63, 3.8) is 0 Å². The van der Waals surface area contributed by atoms with Gasteiger partial charge in [0.2, 0.25) is 5.70 Å². The number of aromatic nitrogens is 1. The van der Waals surface area contributed by atoms with E-state index in [0.717, 1.165) is 18.5 Å². The number of nitrogens with one attached hydrogen (secondary N) is 1. The Labute approximate surface area is 188 Å². The van der Waals surface area contributed by atoms with Crippen LogP contribution in [0.5, 0.6) is 0 Å². The van der Waals surface area contributed by atoms with E-state index >= 15 is 0 Å². The van der Waals surface area contributed by atoms with Crippen LogP contribution in [0.4, 0.5) is 5.69 Å². The predicted octanol–water partition coefficient (Wildman–Crippen LogP) is 7.52. The monoisotopic (exact) mass is 413 g/mol. The summed E-state index contributed by atoms with van der Waals surface area (Å²) in [5, 5.41) is 3.49. The van der Waals surface area contributed by atoms with Gasteiger partial charge in [0, 0.05) is 35.7 Å². The second-order valence-corrected chi connectivity index (χ2v) is 9.52. The number of benzene rings is 1. The fourth-order valence-corrected chi connectivity index (χ4v) is 4.13. The van der Waals surface area contributed by atoms with Crippen molar-refractivity contribution in [3.05, 3.63) is 96.0 Å². The molecule has 0 bridgehead atoms. The molecule has 1 aromatic heterocycles. The highest BCUT2D eigenvalue weighted by Gasteiger charge is 2.19. The van der Waals surface area contributed by atoms with Crippen LogP contribution in [-0.4, -0.2) is 0 Å². The average Bonchev–Trinajstić information content (AvgIpc) is 2.76. The summed E-state index contributed by atoms with van der Waals surface area (Å²) in [6.45, 7) is 13.4. The zero-order valence-corrected chi connectivity index (χ0v) is 19.9. The van der Waals surface area contributed by atoms with Gasteiger partial charge in [0.05, 0.1) is 0 Å². The molecular weight excluding hydrogens is 376 g/mol. The van der Waals surface area contributed by atoms with Crippen LogP contribution in [0.2, 0.25) is 0 Å². The van der Waals surface area contributed by atoms with Crippen LogP contribution in [0.15, 0.2) is 84.9 Å². The molecule has 0 saturated heterocycles. The molecular formula is C29H37N2+. The van der Waals surface area contributed by atoms with Gasteiger partial charge in [-0.2, -0.15) is 4.57 Å². The number of para-hydroxylation sites is 1. The fourth-order valence-electron chi connectivity index (χ4n) is 4.13. The Kier molecular flexibility index (Phi) is 7.33. The summed E-state index contributed by atoms with van der Waals surface area (Å²) >= 11 is 0. The number of rotatable bonds is 6. The predicted molar refractivity (Wildman–Crippen MR) is 135 cm³/mol. The Morgan fingerprint density at radius 1 is 1.06 bits per heavy atom. The van der Waals surface area contributed by atoms with E-state index in [1.54, 1.807) is 0 Å². The summed E-state index contributed by atoms with van der Waals surface area (Å²) in [6.07, 6.45) is 17.6. The summed E-state index contributed by atoms with van der Waals surface area (Å²) in [4.78, 5) is 0. The number of hydrogen-bond acceptors (Lipinski definition) is 1. The van der Waals surface area contributed by atoms with Gasteiger partial charge in [0.1, 0.15) is 0 Å². The van der Waals surface area contributed by atoms with Crippen molar-refractivity contribution in [1.82, 2.24) is 0 Å². The molecule has 0 spiro atoms. The minimum Gasteiger partial charge on any atom is -0.361 e. The standard InChI is InChI=1S/C29H37N2/c1-7-23(16-19-30-27-14-10-9-13-26(27)29(4,5)6)24-17-20-31(21-18-24)28-15-11-8-12-25(28)22(2)3/h7,9-11,13-22,30H,8,12H2,1-6H3/q+1/b19-16-,23-7+. The van der Waals surface area contributed by atoms with E-state index in [9.17, 15) is 0 Å². The SMILES string of the molecule is C/C=C(\C=C/Nc1ccccc1C(C)(C)C)c1cc[n+](C2=C(C(C)C)CCC=C2)cc1. The van der Waals surface area contributed by atoms with Crippen molar-refractivity contribution in [1.29, 1.82) is 0 Å². The van der Waals surface area contributed by atoms with E-state index in [1.165, 1.54) is 28.0 Å². The molecule has 1 aliphatic rings. The van der Waals surface area contributed by atoms with Crippen molar-refractivity contribution in [3.8, 4) is 0 Å². The molecule has 1 N–H and O–H groups in total. The zero-order valence-electron chi connectivity index (χ0n) is 19.9. The van der Waals surface area contributed by atoms with Gasteiger partial charge in [-0.3, -0.25) is 0 Å². The van der Waals surface area contributed by atoms with Crippen LogP contribution in [0.1, 0.15) is 65.5 Å². The number of nitrogens with zero attached hydrogens (tertiary/aromatic N) is 1. The maximum absolute atomic E-state index is 3.49. The fraction of sp³-hybridized carbons (Fsp3) is 0.345. The largest absolute Gasteiger partial charge is 0.361 e. The third kappa shape index (κ3) is 5.64. The molecule has 2 nitrogen and oxygen atoms in total. The molecule has 3 rings (SSSR count). The van der Waals surface area contributed by atoms with E-state index in [4.69, 9.17) is 0 Å². The van der Waals surface area contributed by atoms with Gasteiger partial charge in [-0.1, -0.05) is 65.0 Å². The normalized spacial score (nSPS) is 15.3. The zero-order chi connectivity index (χ0) is 22.4. The first-order valence-electron chi connectivity index (χ1n) is 11.4. The maximum atomic E-state index is 3.49. The highest BCUT2D eigenvalue weighted by molar-refractivity contribution is 5.74. The van der Waals surface area contributed by atoms with Gasteiger partial charge in [0.15, 0.2) is 12.4 Å². The average molecular weight is 414 g/mol. The van der Waals surface area contributed by atoms with Crippen molar-refractivity contribution < 1.29 is 4.57 Å². The minimum absolute atomic E-state index is 0.102. The first-order valence-corrected chi connectivity index (χ1v) is 11.4. The molecule has 0 fully saturated rings. The van der Waals surface area contributed by atoms with Crippen molar-refractivity contribution in [2.24, 2.45) is 5.92 Å². The first kappa shape index (κ1) is 22.8. The smallest absolute Gasteiger partial charge is 0.209 e. The Morgan fingerprint density at radius 3 is 2.42 bits per heavy atom. The minimum atomic E-state index is 0.102. The number of anilines is 1. The quantitative estimate of drug-likeness (QED) is 0.382. The highest BCUT2D eigenvalue weighted by atomic mass is 14.9. The summed E-state index contributed by atoms with van der Waals surface area (Å²) in [7, 11) is 0. The van der Waals surface area contributed by atoms with Crippen LogP contribution in [-0.2, 0) is 5.41 Å². The Morgan fingerprint density at radius 2 is 1.77 bits per heavy atom. The molecule has 1 heterocycles. The molecule has 2 heteroatoms. The Hall–Kier alpha value is -2.87. The van der Waals surface area contributed by atoms with Crippen LogP contribution in [0.25, 0.3) is 11.3 Å². The molecule has 0 amide bonds. The van der Waals surface area contributed by atoms with E-state index in [-0.39, 0.29) is 5.41 Å². The second kappa shape index (κ2) is 9.96. The van der Waals surface area contributed by atoms with Crippen molar-refractivity contribution >= 4 is 17.0 Å².